The van der Waals surface area contributed by atoms with Crippen LogP contribution in [-0.4, -0.2) is 71.2 Å². The third kappa shape index (κ3) is 14.1. The molecule has 286 valence electrons. The second kappa shape index (κ2) is 22.1. The number of carbonyl (C=O) groups is 4. The molecule has 2 aromatic carbocycles. The van der Waals surface area contributed by atoms with Crippen LogP contribution in [0.25, 0.3) is 21.8 Å². The zero-order valence-electron chi connectivity index (χ0n) is 26.9. The van der Waals surface area contributed by atoms with Gasteiger partial charge in [-0.15, -0.1) is 0 Å². The fraction of sp³-hybridized carbons (Fsp3) is 0.143. The summed E-state index contributed by atoms with van der Waals surface area (Å²) in [6, 6.07) is 15.3. The van der Waals surface area contributed by atoms with E-state index in [4.69, 9.17) is 39.1 Å². The number of fused-ring (bicyclic) bond motifs is 2. The lowest BCUT2D eigenvalue weighted by atomic mass is 10.1. The van der Waals surface area contributed by atoms with Crippen LogP contribution >= 0.6 is 60.4 Å². The molecule has 6 aromatic rings. The van der Waals surface area contributed by atoms with E-state index < -0.39 is 41.7 Å². The highest BCUT2D eigenvalue weighted by molar-refractivity contribution is 15.0. The molecule has 0 spiro atoms. The largest absolute Gasteiger partial charge is 0.480 e. The summed E-state index contributed by atoms with van der Waals surface area (Å²) in [5, 5.41) is 31.0. The van der Waals surface area contributed by atoms with E-state index in [-0.39, 0.29) is 42.6 Å². The molecule has 4 heterocycles. The van der Waals surface area contributed by atoms with Crippen LogP contribution in [0, 0.1) is 11.6 Å². The lowest BCUT2D eigenvalue weighted by Gasteiger charge is -2.14. The second-order valence-corrected chi connectivity index (χ2v) is 11.6. The Labute approximate surface area is 340 Å². The Balaban J connectivity index is 0.000000295. The first-order chi connectivity index (χ1) is 25.2. The van der Waals surface area contributed by atoms with Crippen molar-refractivity contribution >= 4 is 106 Å². The van der Waals surface area contributed by atoms with Crippen molar-refractivity contribution < 1.29 is 43.3 Å². The maximum Gasteiger partial charge on any atom is 0.352 e. The van der Waals surface area contributed by atoms with Crippen LogP contribution in [0.5, 0.6) is 0 Å². The van der Waals surface area contributed by atoms with E-state index in [1.807, 2.05) is 0 Å². The smallest absolute Gasteiger partial charge is 0.352 e. The molecule has 54 heavy (non-hydrogen) atoms. The maximum absolute atomic E-state index is 12.9. The number of hydrogen-bond acceptors (Lipinski definition) is 7. The van der Waals surface area contributed by atoms with Crippen LogP contribution in [0.15, 0.2) is 85.2 Å². The average molecular weight is 1010 g/mol. The van der Waals surface area contributed by atoms with Crippen LogP contribution in [0.1, 0.15) is 39.5 Å². The van der Waals surface area contributed by atoms with Crippen molar-refractivity contribution in [2.24, 2.45) is 5.73 Å². The minimum atomic E-state index is -1.18. The molecular formula is C35H32Cl2F2I2N6O7. The summed E-state index contributed by atoms with van der Waals surface area (Å²) in [7, 11) is 0. The van der Waals surface area contributed by atoms with Crippen LogP contribution in [0.3, 0.4) is 0 Å². The molecule has 0 aliphatic rings. The van der Waals surface area contributed by atoms with Gasteiger partial charge in [0.1, 0.15) is 45.4 Å². The standard InChI is InChI=1S/C17H13ClFN3O3.C9H10FNO2.C8H5ClN2O2.CH4.I2/c18-15-7-10-6-12(21-14(10)8-20-15)16(23)22-13(17(24)25)5-9-1-3-11(19)4-2-9;10-7-3-1-6(2-4-7)5-8(11)9(12)13;9-7-2-4-1-5(8(12)13)11-6(4)3-10-7;;1-2/h1-4,6-8,13,21H,5H2,(H,22,23)(H,24,25);1-4,8H,5,11H2,(H,12,13);1-3,11H,(H,12,13);1H4;/t13-;8-;;;/m00.../s1. The molecule has 0 saturated carbocycles. The number of nitrogens with two attached hydrogens (primary N) is 1. The third-order valence-corrected chi connectivity index (χ3v) is 7.47. The normalized spacial score (nSPS) is 11.2. The van der Waals surface area contributed by atoms with E-state index in [0.717, 1.165) is 10.9 Å². The molecule has 1 amide bonds. The van der Waals surface area contributed by atoms with Gasteiger partial charge in [0.05, 0.1) is 23.4 Å². The number of halogens is 6. The Morgan fingerprint density at radius 3 is 1.57 bits per heavy atom. The number of carboxylic acid groups (broad SMARTS) is 3. The van der Waals surface area contributed by atoms with Gasteiger partial charge in [-0.2, -0.15) is 0 Å². The molecule has 8 N–H and O–H groups in total. The number of nitrogens with one attached hydrogen (secondary N) is 3. The van der Waals surface area contributed by atoms with Crippen molar-refractivity contribution in [2.45, 2.75) is 32.4 Å². The average Bonchev–Trinajstić information content (AvgIpc) is 3.75. The minimum absolute atomic E-state index is 0. The van der Waals surface area contributed by atoms with E-state index in [9.17, 15) is 33.1 Å². The first-order valence-corrected chi connectivity index (χ1v) is 21.9. The predicted octanol–water partition coefficient (Wildman–Crippen LogP) is 7.88. The van der Waals surface area contributed by atoms with Gasteiger partial charge in [0, 0.05) is 54.4 Å². The van der Waals surface area contributed by atoms with Crippen LogP contribution in [-0.2, 0) is 22.4 Å². The fourth-order valence-corrected chi connectivity index (χ4v) is 4.83. The molecule has 19 heteroatoms. The number of rotatable bonds is 9. The minimum Gasteiger partial charge on any atom is -0.480 e. The summed E-state index contributed by atoms with van der Waals surface area (Å²) >= 11 is 15.7. The van der Waals surface area contributed by atoms with Gasteiger partial charge < -0.3 is 36.3 Å². The van der Waals surface area contributed by atoms with Crippen molar-refractivity contribution in [3.63, 3.8) is 0 Å². The molecule has 0 fully saturated rings. The number of benzene rings is 2. The molecule has 4 aromatic heterocycles. The quantitative estimate of drug-likeness (QED) is 0.0548. The van der Waals surface area contributed by atoms with Gasteiger partial charge in [-0.1, -0.05) is 54.9 Å². The van der Waals surface area contributed by atoms with Gasteiger partial charge in [-0.3, -0.25) is 9.59 Å². The summed E-state index contributed by atoms with van der Waals surface area (Å²) in [5.41, 5.74) is 8.23. The lowest BCUT2D eigenvalue weighted by molar-refractivity contribution is -0.139. The van der Waals surface area contributed by atoms with E-state index in [2.05, 4.69) is 62.5 Å². The number of aromatic nitrogens is 4. The first-order valence-electron chi connectivity index (χ1n) is 14.9. The molecule has 6 rings (SSSR count). The number of nitrogens with zero attached hydrogens (tertiary/aromatic N) is 2. The van der Waals surface area contributed by atoms with Crippen molar-refractivity contribution in [3.8, 4) is 0 Å². The Morgan fingerprint density at radius 2 is 1.15 bits per heavy atom. The summed E-state index contributed by atoms with van der Waals surface area (Å²) in [4.78, 5) is 58.0. The summed E-state index contributed by atoms with van der Waals surface area (Å²) < 4.78 is 25.4. The number of aliphatic carboxylic acids is 2. The van der Waals surface area contributed by atoms with Gasteiger partial charge in [0.25, 0.3) is 5.91 Å². The highest BCUT2D eigenvalue weighted by atomic mass is 128. The van der Waals surface area contributed by atoms with Crippen molar-refractivity contribution in [1.29, 1.82) is 0 Å². The SMILES string of the molecule is C.II.N[C@@H](Cc1ccc(F)cc1)C(=O)O.O=C(N[C@@H](Cc1ccc(F)cc1)C(=O)O)c1cc2cc(Cl)ncc2[nH]1.O=C(O)c1cc2cc(Cl)ncc2[nH]1. The monoisotopic (exact) mass is 1010 g/mol. The second-order valence-electron chi connectivity index (χ2n) is 10.8. The number of hydrogen-bond donors (Lipinski definition) is 7. The molecular weight excluding hydrogens is 979 g/mol. The Kier molecular flexibility index (Phi) is 18.7. The zero-order chi connectivity index (χ0) is 39.2. The van der Waals surface area contributed by atoms with Gasteiger partial charge in [-0.05, 0) is 66.1 Å². The predicted molar refractivity (Wildman–Crippen MR) is 219 cm³/mol. The van der Waals surface area contributed by atoms with E-state index in [1.165, 1.54) is 67.0 Å². The molecule has 2 atom stereocenters. The van der Waals surface area contributed by atoms with Gasteiger partial charge in [-0.25, -0.2) is 28.3 Å². The Morgan fingerprint density at radius 1 is 0.722 bits per heavy atom. The molecule has 0 unspecified atom stereocenters. The molecule has 0 saturated heterocycles. The molecule has 0 radical (unpaired) electrons. The summed E-state index contributed by atoms with van der Waals surface area (Å²) in [5.74, 6) is -4.55. The van der Waals surface area contributed by atoms with E-state index in [1.54, 1.807) is 18.2 Å². The van der Waals surface area contributed by atoms with E-state index >= 15 is 0 Å². The summed E-state index contributed by atoms with van der Waals surface area (Å²) in [6.07, 6.45) is 3.25. The molecule has 0 aliphatic carbocycles. The zero-order valence-corrected chi connectivity index (χ0v) is 32.7. The Hall–Kier alpha value is -4.44. The third-order valence-electron chi connectivity index (χ3n) is 7.06. The molecule has 0 aliphatic heterocycles. The highest BCUT2D eigenvalue weighted by Crippen LogP contribution is 2.19. The number of carbonyl (C=O) groups excluding carboxylic acids is 1. The summed E-state index contributed by atoms with van der Waals surface area (Å²) in [6.45, 7) is 0. The number of aromatic carboxylic acids is 1. The van der Waals surface area contributed by atoms with Crippen LogP contribution in [0.4, 0.5) is 8.78 Å². The van der Waals surface area contributed by atoms with Crippen molar-refractivity contribution in [3.05, 3.63) is 130 Å². The van der Waals surface area contributed by atoms with Crippen molar-refractivity contribution in [2.75, 3.05) is 0 Å². The number of carboxylic acids is 3. The van der Waals surface area contributed by atoms with Gasteiger partial charge >= 0.3 is 17.9 Å². The van der Waals surface area contributed by atoms with Crippen LogP contribution < -0.4 is 11.1 Å². The molecule has 0 bridgehead atoms. The number of pyridine rings is 2. The number of amides is 1. The first kappa shape index (κ1) is 45.7. The number of H-pyrrole nitrogens is 2. The Bertz CT molecular complexity index is 2190. The molecule has 13 nitrogen and oxygen atoms in total. The van der Waals surface area contributed by atoms with Gasteiger partial charge in [0.15, 0.2) is 0 Å². The van der Waals surface area contributed by atoms with Gasteiger partial charge in [0.2, 0.25) is 0 Å². The number of aromatic amines is 2. The fourth-order valence-electron chi connectivity index (χ4n) is 4.50. The van der Waals surface area contributed by atoms with Crippen molar-refractivity contribution in [1.82, 2.24) is 25.3 Å². The van der Waals surface area contributed by atoms with E-state index in [0.29, 0.717) is 27.1 Å². The maximum atomic E-state index is 12.9. The lowest BCUT2D eigenvalue weighted by Crippen LogP contribution is -2.42. The topological polar surface area (TPSA) is 224 Å². The van der Waals surface area contributed by atoms with Crippen LogP contribution in [0.2, 0.25) is 10.3 Å². The highest BCUT2D eigenvalue weighted by Gasteiger charge is 2.22.